The van der Waals surface area contributed by atoms with Crippen LogP contribution in [0.5, 0.6) is 0 Å². The highest BCUT2D eigenvalue weighted by Gasteiger charge is 2.17. The molecule has 0 fully saturated rings. The van der Waals surface area contributed by atoms with Crippen LogP contribution >= 0.6 is 22.7 Å². The lowest BCUT2D eigenvalue weighted by Gasteiger charge is -2.26. The van der Waals surface area contributed by atoms with Crippen LogP contribution in [0.1, 0.15) is 0 Å². The summed E-state index contributed by atoms with van der Waals surface area (Å²) in [6.07, 6.45) is 0. The summed E-state index contributed by atoms with van der Waals surface area (Å²) in [7, 11) is 0. The molecule has 4 heteroatoms. The molecule has 0 atom stereocenters. The Bertz CT molecular complexity index is 3180. The van der Waals surface area contributed by atoms with Crippen molar-refractivity contribution in [2.75, 3.05) is 4.90 Å². The molecule has 9 aromatic carbocycles. The first-order valence-corrected chi connectivity index (χ1v) is 20.2. The molecule has 0 aliphatic heterocycles. The van der Waals surface area contributed by atoms with Crippen LogP contribution in [0.3, 0.4) is 0 Å². The van der Waals surface area contributed by atoms with Gasteiger partial charge in [-0.3, -0.25) is 0 Å². The minimum Gasteiger partial charge on any atom is -0.310 e. The van der Waals surface area contributed by atoms with Gasteiger partial charge in [-0.15, -0.1) is 22.7 Å². The quantitative estimate of drug-likeness (QED) is 0.158. The maximum Gasteiger partial charge on any atom is 0.124 e. The van der Waals surface area contributed by atoms with Crippen LogP contribution in [0.25, 0.3) is 84.8 Å². The SMILES string of the molecule is c1ccc(-c2ccc(N(c3ccc(-c4cc5ccccc5c5ccccc45)cc3)c3ccc4c(c3)sc3cc5nc(-c6ccccc6)sc5cc34)cc2)cc1. The first kappa shape index (κ1) is 31.9. The van der Waals surface area contributed by atoms with Crippen molar-refractivity contribution in [1.82, 2.24) is 4.98 Å². The summed E-state index contributed by atoms with van der Waals surface area (Å²) in [6.45, 7) is 0. The predicted molar refractivity (Wildman–Crippen MR) is 239 cm³/mol. The van der Waals surface area contributed by atoms with Crippen molar-refractivity contribution in [3.8, 4) is 32.8 Å². The first-order valence-electron chi connectivity index (χ1n) is 18.5. The van der Waals surface area contributed by atoms with Crippen molar-refractivity contribution in [3.63, 3.8) is 0 Å². The van der Waals surface area contributed by atoms with Crippen LogP contribution in [-0.2, 0) is 0 Å². The molecule has 2 nitrogen and oxygen atoms in total. The van der Waals surface area contributed by atoms with Crippen molar-refractivity contribution in [1.29, 1.82) is 0 Å². The Morgan fingerprint density at radius 3 is 1.67 bits per heavy atom. The van der Waals surface area contributed by atoms with E-state index < -0.39 is 0 Å². The van der Waals surface area contributed by atoms with E-state index in [2.05, 4.69) is 199 Å². The molecule has 0 saturated carbocycles. The largest absolute Gasteiger partial charge is 0.310 e. The van der Waals surface area contributed by atoms with E-state index in [9.17, 15) is 0 Å². The highest BCUT2D eigenvalue weighted by Crippen LogP contribution is 2.44. The molecular formula is C51H32N2S2. The van der Waals surface area contributed by atoms with E-state index in [1.807, 2.05) is 11.3 Å². The summed E-state index contributed by atoms with van der Waals surface area (Å²) in [5.41, 5.74) is 10.4. The van der Waals surface area contributed by atoms with Crippen molar-refractivity contribution in [2.24, 2.45) is 0 Å². The standard InChI is InChI=1S/C51H32N2S2/c1-3-11-33(12-4-1)34-19-23-38(24-20-34)53(39-25-21-35(22-26-39)45-29-37-15-7-8-16-41(37)42-17-9-10-18-43(42)45)40-27-28-44-46-31-50-47(32-49(46)54-48(44)30-40)52-51(55-50)36-13-5-2-6-14-36/h1-32H. The molecule has 0 radical (unpaired) electrons. The Labute approximate surface area is 326 Å². The Morgan fingerprint density at radius 2 is 0.927 bits per heavy atom. The molecule has 0 aliphatic rings. The summed E-state index contributed by atoms with van der Waals surface area (Å²) in [5, 5.41) is 8.71. The first-order chi connectivity index (χ1) is 27.2. The second-order valence-corrected chi connectivity index (χ2v) is 16.1. The second-order valence-electron chi connectivity index (χ2n) is 14.0. The molecule has 0 unspecified atom stereocenters. The zero-order valence-corrected chi connectivity index (χ0v) is 31.3. The fourth-order valence-electron chi connectivity index (χ4n) is 7.99. The van der Waals surface area contributed by atoms with E-state index in [0.717, 1.165) is 33.1 Å². The van der Waals surface area contributed by atoms with Crippen molar-refractivity contribution in [3.05, 3.63) is 194 Å². The minimum atomic E-state index is 1.06. The van der Waals surface area contributed by atoms with Gasteiger partial charge in [0.25, 0.3) is 0 Å². The third-order valence-corrected chi connectivity index (χ3v) is 12.9. The number of nitrogens with zero attached hydrogens (tertiary/aromatic N) is 2. The average Bonchev–Trinajstić information content (AvgIpc) is 3.84. The average molecular weight is 737 g/mol. The Kier molecular flexibility index (Phi) is 7.58. The fraction of sp³-hybridized carbons (Fsp3) is 0. The number of hydrogen-bond acceptors (Lipinski definition) is 4. The van der Waals surface area contributed by atoms with Gasteiger partial charge in [-0.25, -0.2) is 4.98 Å². The van der Waals surface area contributed by atoms with Crippen molar-refractivity contribution in [2.45, 2.75) is 0 Å². The van der Waals surface area contributed by atoms with Crippen LogP contribution in [0, 0.1) is 0 Å². The number of fused-ring (bicyclic) bond motifs is 7. The molecule has 0 amide bonds. The summed E-state index contributed by atoms with van der Waals surface area (Å²) in [5.74, 6) is 0. The van der Waals surface area contributed by atoms with Gasteiger partial charge < -0.3 is 4.90 Å². The molecule has 0 saturated heterocycles. The van der Waals surface area contributed by atoms with E-state index in [1.165, 1.54) is 68.7 Å². The van der Waals surface area contributed by atoms with Crippen LogP contribution in [0.15, 0.2) is 194 Å². The minimum absolute atomic E-state index is 1.06. The molecule has 0 N–H and O–H groups in total. The van der Waals surface area contributed by atoms with Gasteiger partial charge in [0, 0.05) is 42.8 Å². The number of rotatable bonds is 6. The number of anilines is 3. The van der Waals surface area contributed by atoms with Gasteiger partial charge in [0.2, 0.25) is 0 Å². The number of benzene rings is 9. The molecule has 11 rings (SSSR count). The van der Waals surface area contributed by atoms with E-state index in [-0.39, 0.29) is 0 Å². The highest BCUT2D eigenvalue weighted by atomic mass is 32.1. The van der Waals surface area contributed by atoms with Gasteiger partial charge in [0.1, 0.15) is 5.01 Å². The van der Waals surface area contributed by atoms with Gasteiger partial charge in [-0.1, -0.05) is 140 Å². The van der Waals surface area contributed by atoms with Crippen molar-refractivity contribution >= 4 is 91.7 Å². The van der Waals surface area contributed by atoms with Gasteiger partial charge in [-0.2, -0.15) is 0 Å². The summed E-state index contributed by atoms with van der Waals surface area (Å²) in [4.78, 5) is 7.42. The monoisotopic (exact) mass is 736 g/mol. The number of thiophene rings is 1. The number of aromatic nitrogens is 1. The van der Waals surface area contributed by atoms with Crippen LogP contribution in [0.2, 0.25) is 0 Å². The van der Waals surface area contributed by atoms with Crippen LogP contribution < -0.4 is 4.90 Å². The topological polar surface area (TPSA) is 16.1 Å². The van der Waals surface area contributed by atoms with E-state index in [1.54, 1.807) is 11.3 Å². The van der Waals surface area contributed by atoms with E-state index in [4.69, 9.17) is 4.98 Å². The second kappa shape index (κ2) is 13.1. The lowest BCUT2D eigenvalue weighted by molar-refractivity contribution is 1.29. The maximum absolute atomic E-state index is 5.03. The summed E-state index contributed by atoms with van der Waals surface area (Å²) >= 11 is 3.61. The van der Waals surface area contributed by atoms with Gasteiger partial charge in [0.05, 0.1) is 10.2 Å². The van der Waals surface area contributed by atoms with Gasteiger partial charge in [-0.05, 0) is 98.4 Å². The smallest absolute Gasteiger partial charge is 0.124 e. The maximum atomic E-state index is 5.03. The lowest BCUT2D eigenvalue weighted by atomic mass is 9.93. The third-order valence-electron chi connectivity index (χ3n) is 10.7. The molecular weight excluding hydrogens is 705 g/mol. The van der Waals surface area contributed by atoms with E-state index in [0.29, 0.717) is 0 Å². The fourth-order valence-corrected chi connectivity index (χ4v) is 10.1. The molecule has 11 aromatic rings. The van der Waals surface area contributed by atoms with E-state index >= 15 is 0 Å². The number of thiazole rings is 1. The Hall–Kier alpha value is -6.59. The van der Waals surface area contributed by atoms with Crippen molar-refractivity contribution < 1.29 is 0 Å². The molecule has 0 spiro atoms. The molecule has 2 heterocycles. The molecule has 258 valence electrons. The number of hydrogen-bond donors (Lipinski definition) is 0. The van der Waals surface area contributed by atoms with Gasteiger partial charge >= 0.3 is 0 Å². The molecule has 0 aliphatic carbocycles. The normalized spacial score (nSPS) is 11.6. The van der Waals surface area contributed by atoms with Crippen LogP contribution in [0.4, 0.5) is 17.1 Å². The van der Waals surface area contributed by atoms with Crippen LogP contribution in [-0.4, -0.2) is 4.98 Å². The Balaban J connectivity index is 1.02. The Morgan fingerprint density at radius 1 is 0.345 bits per heavy atom. The summed E-state index contributed by atoms with van der Waals surface area (Å²) in [6, 6.07) is 70.4. The lowest BCUT2D eigenvalue weighted by Crippen LogP contribution is -2.09. The molecule has 2 aromatic heterocycles. The molecule has 0 bridgehead atoms. The third kappa shape index (κ3) is 5.58. The summed E-state index contributed by atoms with van der Waals surface area (Å²) < 4.78 is 3.74. The zero-order valence-electron chi connectivity index (χ0n) is 29.7. The molecule has 55 heavy (non-hydrogen) atoms. The highest BCUT2D eigenvalue weighted by molar-refractivity contribution is 7.26. The van der Waals surface area contributed by atoms with Gasteiger partial charge in [0.15, 0.2) is 0 Å². The predicted octanol–water partition coefficient (Wildman–Crippen LogP) is 15.4. The zero-order chi connectivity index (χ0) is 36.3.